The van der Waals surface area contributed by atoms with Crippen LogP contribution in [0.5, 0.6) is 5.75 Å². The van der Waals surface area contributed by atoms with Crippen LogP contribution in [0.1, 0.15) is 16.7 Å². The molecule has 0 bridgehead atoms. The Morgan fingerprint density at radius 3 is 2.65 bits per heavy atom. The van der Waals surface area contributed by atoms with Gasteiger partial charge in [-0.3, -0.25) is 4.79 Å². The van der Waals surface area contributed by atoms with Gasteiger partial charge in [0.25, 0.3) is 5.91 Å². The Labute approximate surface area is 151 Å². The van der Waals surface area contributed by atoms with E-state index >= 15 is 0 Å². The Morgan fingerprint density at radius 2 is 1.96 bits per heavy atom. The predicted octanol–water partition coefficient (Wildman–Crippen LogP) is 3.65. The zero-order valence-electron chi connectivity index (χ0n) is 14.8. The minimum absolute atomic E-state index is 0.118. The average molecular weight is 357 g/mol. The molecular formula is C20H20FNO4. The summed E-state index contributed by atoms with van der Waals surface area (Å²) in [6, 6.07) is 9.84. The highest BCUT2D eigenvalue weighted by Crippen LogP contribution is 2.19. The molecule has 0 spiro atoms. The van der Waals surface area contributed by atoms with Crippen LogP contribution in [-0.4, -0.2) is 25.6 Å². The number of ether oxygens (including phenoxy) is 2. The topological polar surface area (TPSA) is 64.6 Å². The number of hydrogen-bond donors (Lipinski definition) is 1. The van der Waals surface area contributed by atoms with Crippen molar-refractivity contribution in [3.8, 4) is 5.75 Å². The quantitative estimate of drug-likeness (QED) is 0.633. The number of rotatable bonds is 6. The summed E-state index contributed by atoms with van der Waals surface area (Å²) >= 11 is 0. The zero-order chi connectivity index (χ0) is 19.1. The van der Waals surface area contributed by atoms with Gasteiger partial charge in [-0.15, -0.1) is 0 Å². The molecule has 0 fully saturated rings. The lowest BCUT2D eigenvalue weighted by Gasteiger charge is -2.10. The van der Waals surface area contributed by atoms with Crippen LogP contribution in [0.15, 0.2) is 42.5 Å². The van der Waals surface area contributed by atoms with Crippen LogP contribution < -0.4 is 10.1 Å². The van der Waals surface area contributed by atoms with Gasteiger partial charge in [0.15, 0.2) is 18.2 Å². The molecule has 6 heteroatoms. The fourth-order valence-electron chi connectivity index (χ4n) is 2.21. The first-order valence-electron chi connectivity index (χ1n) is 7.95. The van der Waals surface area contributed by atoms with Crippen molar-refractivity contribution in [2.24, 2.45) is 0 Å². The van der Waals surface area contributed by atoms with Gasteiger partial charge < -0.3 is 14.8 Å². The molecule has 5 nitrogen and oxygen atoms in total. The van der Waals surface area contributed by atoms with Crippen molar-refractivity contribution < 1.29 is 23.5 Å². The monoisotopic (exact) mass is 357 g/mol. The lowest BCUT2D eigenvalue weighted by molar-refractivity contribution is -0.142. The molecule has 136 valence electrons. The second-order valence-corrected chi connectivity index (χ2v) is 5.63. The third-order valence-corrected chi connectivity index (χ3v) is 3.81. The molecule has 2 rings (SSSR count). The smallest absolute Gasteiger partial charge is 0.331 e. The highest BCUT2D eigenvalue weighted by atomic mass is 19.1. The molecule has 0 radical (unpaired) electrons. The summed E-state index contributed by atoms with van der Waals surface area (Å²) in [5.41, 5.74) is 3.15. The minimum atomic E-state index is -0.697. The standard InChI is InChI=1S/C20H20FNO4/c1-13-5-4-6-17(14(13)2)22-19(23)12-26-20(24)10-8-15-7-9-18(25-3)16(21)11-15/h4-11H,12H2,1-3H3,(H,22,23)/b10-8+. The van der Waals surface area contributed by atoms with Crippen LogP contribution in [0.4, 0.5) is 10.1 Å². The molecule has 0 saturated carbocycles. The normalized spacial score (nSPS) is 10.6. The summed E-state index contributed by atoms with van der Waals surface area (Å²) in [4.78, 5) is 23.6. The summed E-state index contributed by atoms with van der Waals surface area (Å²) in [7, 11) is 1.37. The molecule has 0 unspecified atom stereocenters. The second kappa shape index (κ2) is 8.80. The van der Waals surface area contributed by atoms with Gasteiger partial charge in [-0.2, -0.15) is 0 Å². The predicted molar refractivity (Wildman–Crippen MR) is 97.5 cm³/mol. The van der Waals surface area contributed by atoms with E-state index in [-0.39, 0.29) is 5.75 Å². The molecule has 26 heavy (non-hydrogen) atoms. The number of halogens is 1. The number of amides is 1. The number of carbonyl (C=O) groups is 2. The van der Waals surface area contributed by atoms with Crippen molar-refractivity contribution in [3.05, 3.63) is 65.0 Å². The van der Waals surface area contributed by atoms with Crippen molar-refractivity contribution >= 4 is 23.6 Å². The number of carbonyl (C=O) groups excluding carboxylic acids is 2. The van der Waals surface area contributed by atoms with Crippen molar-refractivity contribution in [3.63, 3.8) is 0 Å². The lowest BCUT2D eigenvalue weighted by atomic mass is 10.1. The van der Waals surface area contributed by atoms with Crippen molar-refractivity contribution in [1.29, 1.82) is 0 Å². The van der Waals surface area contributed by atoms with Gasteiger partial charge in [-0.1, -0.05) is 18.2 Å². The molecular weight excluding hydrogens is 337 g/mol. The van der Waals surface area contributed by atoms with Gasteiger partial charge in [0.2, 0.25) is 0 Å². The van der Waals surface area contributed by atoms with Crippen LogP contribution in [0, 0.1) is 19.7 Å². The molecule has 2 aromatic rings. The first kappa shape index (κ1) is 19.2. The van der Waals surface area contributed by atoms with Crippen molar-refractivity contribution in [2.45, 2.75) is 13.8 Å². The van der Waals surface area contributed by atoms with E-state index in [2.05, 4.69) is 5.32 Å². The van der Waals surface area contributed by atoms with E-state index in [4.69, 9.17) is 9.47 Å². The number of hydrogen-bond acceptors (Lipinski definition) is 4. The van der Waals surface area contributed by atoms with Crippen LogP contribution in [0.25, 0.3) is 6.08 Å². The third kappa shape index (κ3) is 5.17. The van der Waals surface area contributed by atoms with Crippen LogP contribution in [0.2, 0.25) is 0 Å². The van der Waals surface area contributed by atoms with Gasteiger partial charge in [0.05, 0.1) is 7.11 Å². The molecule has 1 amide bonds. The largest absolute Gasteiger partial charge is 0.494 e. The first-order chi connectivity index (χ1) is 12.4. The fourth-order valence-corrected chi connectivity index (χ4v) is 2.21. The molecule has 1 N–H and O–H groups in total. The van der Waals surface area contributed by atoms with Crippen LogP contribution in [0.3, 0.4) is 0 Å². The fraction of sp³-hybridized carbons (Fsp3) is 0.200. The Bertz CT molecular complexity index is 846. The second-order valence-electron chi connectivity index (χ2n) is 5.63. The SMILES string of the molecule is COc1ccc(/C=C/C(=O)OCC(=O)Nc2cccc(C)c2C)cc1F. The third-order valence-electron chi connectivity index (χ3n) is 3.81. The van der Waals surface area contributed by atoms with E-state index < -0.39 is 24.3 Å². The number of benzene rings is 2. The maximum Gasteiger partial charge on any atom is 0.331 e. The summed E-state index contributed by atoms with van der Waals surface area (Å²) in [5, 5.41) is 2.70. The molecule has 0 aliphatic rings. The van der Waals surface area contributed by atoms with Gasteiger partial charge in [-0.25, -0.2) is 9.18 Å². The lowest BCUT2D eigenvalue weighted by Crippen LogP contribution is -2.20. The first-order valence-corrected chi connectivity index (χ1v) is 7.95. The number of methoxy groups -OCH3 is 1. The summed E-state index contributed by atoms with van der Waals surface area (Å²) in [5.74, 6) is -1.54. The van der Waals surface area contributed by atoms with E-state index in [9.17, 15) is 14.0 Å². The van der Waals surface area contributed by atoms with Crippen molar-refractivity contribution in [1.82, 2.24) is 0 Å². The van der Waals surface area contributed by atoms with E-state index in [1.54, 1.807) is 12.1 Å². The van der Waals surface area contributed by atoms with E-state index in [1.807, 2.05) is 26.0 Å². The number of esters is 1. The number of aryl methyl sites for hydroxylation is 1. The molecule has 0 atom stereocenters. The number of nitrogens with one attached hydrogen (secondary N) is 1. The molecule has 0 aliphatic heterocycles. The minimum Gasteiger partial charge on any atom is -0.494 e. The maximum absolute atomic E-state index is 13.6. The average Bonchev–Trinajstić information content (AvgIpc) is 2.62. The molecule has 0 aromatic heterocycles. The van der Waals surface area contributed by atoms with Gasteiger partial charge in [-0.05, 0) is 54.8 Å². The van der Waals surface area contributed by atoms with E-state index in [1.165, 1.54) is 25.3 Å². The Hall–Kier alpha value is -3.15. The number of anilines is 1. The summed E-state index contributed by atoms with van der Waals surface area (Å²) in [6.45, 7) is 3.43. The van der Waals surface area contributed by atoms with Gasteiger partial charge in [0, 0.05) is 11.8 Å². The van der Waals surface area contributed by atoms with Gasteiger partial charge >= 0.3 is 5.97 Å². The Balaban J connectivity index is 1.87. The van der Waals surface area contributed by atoms with Crippen LogP contribution >= 0.6 is 0 Å². The van der Waals surface area contributed by atoms with Crippen LogP contribution in [-0.2, 0) is 14.3 Å². The molecule has 0 aliphatic carbocycles. The highest BCUT2D eigenvalue weighted by molar-refractivity contribution is 5.95. The Kier molecular flexibility index (Phi) is 6.49. The van der Waals surface area contributed by atoms with E-state index in [0.29, 0.717) is 11.3 Å². The zero-order valence-corrected chi connectivity index (χ0v) is 14.8. The maximum atomic E-state index is 13.6. The molecule has 2 aromatic carbocycles. The summed E-state index contributed by atoms with van der Waals surface area (Å²) in [6.07, 6.45) is 2.53. The summed E-state index contributed by atoms with van der Waals surface area (Å²) < 4.78 is 23.3. The van der Waals surface area contributed by atoms with Gasteiger partial charge in [0.1, 0.15) is 0 Å². The Morgan fingerprint density at radius 1 is 1.19 bits per heavy atom. The van der Waals surface area contributed by atoms with Crippen molar-refractivity contribution in [2.75, 3.05) is 19.0 Å². The van der Waals surface area contributed by atoms with E-state index in [0.717, 1.165) is 17.2 Å². The molecule has 0 saturated heterocycles. The highest BCUT2D eigenvalue weighted by Gasteiger charge is 2.08. The molecule has 0 heterocycles.